The topological polar surface area (TPSA) is 60.2 Å². The highest BCUT2D eigenvalue weighted by molar-refractivity contribution is 5.27. The van der Waals surface area contributed by atoms with Crippen molar-refractivity contribution in [3.05, 3.63) is 41.5 Å². The van der Waals surface area contributed by atoms with Crippen LogP contribution >= 0.6 is 0 Å². The van der Waals surface area contributed by atoms with Gasteiger partial charge in [0.05, 0.1) is 0 Å². The molecule has 0 bridgehead atoms. The summed E-state index contributed by atoms with van der Waals surface area (Å²) in [7, 11) is 0. The molecule has 0 aliphatic carbocycles. The van der Waals surface area contributed by atoms with E-state index in [1.807, 2.05) is 26.0 Å². The summed E-state index contributed by atoms with van der Waals surface area (Å²) >= 11 is 0. The van der Waals surface area contributed by atoms with Crippen LogP contribution in [0.4, 0.5) is 0 Å². The van der Waals surface area contributed by atoms with Crippen molar-refractivity contribution in [2.24, 2.45) is 0 Å². The Hall–Kier alpha value is -1.88. The van der Waals surface area contributed by atoms with Gasteiger partial charge in [-0.3, -0.25) is 0 Å². The van der Waals surface area contributed by atoms with Crippen molar-refractivity contribution in [3.63, 3.8) is 0 Å². The van der Waals surface area contributed by atoms with Crippen LogP contribution in [0.15, 0.2) is 28.8 Å². The molecule has 0 amide bonds. The maximum Gasteiger partial charge on any atom is 0.229 e. The van der Waals surface area contributed by atoms with Crippen molar-refractivity contribution in [1.29, 1.82) is 0 Å². The van der Waals surface area contributed by atoms with Gasteiger partial charge in [-0.1, -0.05) is 45.0 Å². The zero-order chi connectivity index (χ0) is 15.2. The van der Waals surface area contributed by atoms with Crippen molar-refractivity contribution in [1.82, 2.24) is 15.5 Å². The number of hydrogen-bond acceptors (Lipinski definition) is 5. The summed E-state index contributed by atoms with van der Waals surface area (Å²) in [6.45, 7) is 9.48. The van der Waals surface area contributed by atoms with E-state index in [4.69, 9.17) is 9.26 Å². The minimum absolute atomic E-state index is 0.235. The fourth-order valence-electron chi connectivity index (χ4n) is 1.73. The van der Waals surface area contributed by atoms with Crippen molar-refractivity contribution in [3.8, 4) is 5.75 Å². The molecular weight excluding hydrogens is 266 g/mol. The maximum absolute atomic E-state index is 5.66. The molecule has 0 saturated carbocycles. The third kappa shape index (κ3) is 4.86. The molecule has 1 heterocycles. The molecule has 0 unspecified atom stereocenters. The van der Waals surface area contributed by atoms with Gasteiger partial charge in [0.2, 0.25) is 11.7 Å². The lowest BCUT2D eigenvalue weighted by Gasteiger charge is -2.09. The number of nitrogens with zero attached hydrogens (tertiary/aromatic N) is 2. The van der Waals surface area contributed by atoms with Crippen LogP contribution in [-0.4, -0.2) is 16.2 Å². The first-order chi connectivity index (χ1) is 10.0. The van der Waals surface area contributed by atoms with Gasteiger partial charge in [-0.05, 0) is 17.7 Å². The van der Waals surface area contributed by atoms with E-state index in [0.717, 1.165) is 12.3 Å². The van der Waals surface area contributed by atoms with Gasteiger partial charge in [-0.15, -0.1) is 0 Å². The minimum Gasteiger partial charge on any atom is -0.485 e. The van der Waals surface area contributed by atoms with E-state index in [9.17, 15) is 0 Å². The van der Waals surface area contributed by atoms with Crippen LogP contribution in [0.25, 0.3) is 0 Å². The molecular formula is C16H23N3O2. The molecule has 2 aromatic rings. The molecule has 0 aliphatic heterocycles. The van der Waals surface area contributed by atoms with E-state index < -0.39 is 0 Å². The first kappa shape index (κ1) is 15.5. The number of nitrogens with one attached hydrogen (secondary N) is 1. The minimum atomic E-state index is 0.235. The Kier molecular flexibility index (Phi) is 5.33. The fraction of sp³-hybridized carbons (Fsp3) is 0.500. The first-order valence-corrected chi connectivity index (χ1v) is 7.32. The second-order valence-electron chi connectivity index (χ2n) is 5.67. The number of rotatable bonds is 7. The summed E-state index contributed by atoms with van der Waals surface area (Å²) in [6.07, 6.45) is 0. The van der Waals surface area contributed by atoms with E-state index in [1.165, 1.54) is 5.56 Å². The van der Waals surface area contributed by atoms with Crippen molar-refractivity contribution in [2.75, 3.05) is 0 Å². The van der Waals surface area contributed by atoms with Crippen LogP contribution in [-0.2, 0) is 13.2 Å². The van der Waals surface area contributed by atoms with Crippen molar-refractivity contribution in [2.45, 2.75) is 52.8 Å². The largest absolute Gasteiger partial charge is 0.485 e. The van der Waals surface area contributed by atoms with Gasteiger partial charge in [-0.2, -0.15) is 4.98 Å². The molecule has 5 heteroatoms. The second-order valence-corrected chi connectivity index (χ2v) is 5.67. The van der Waals surface area contributed by atoms with E-state index in [2.05, 4.69) is 41.4 Å². The van der Waals surface area contributed by atoms with Crippen LogP contribution < -0.4 is 10.1 Å². The highest BCUT2D eigenvalue weighted by atomic mass is 16.5. The van der Waals surface area contributed by atoms with Gasteiger partial charge in [0.1, 0.15) is 5.75 Å². The average Bonchev–Trinajstić information content (AvgIpc) is 2.93. The van der Waals surface area contributed by atoms with Gasteiger partial charge in [0.25, 0.3) is 0 Å². The van der Waals surface area contributed by atoms with Gasteiger partial charge >= 0.3 is 0 Å². The number of ether oxygens (including phenoxy) is 1. The molecule has 2 rings (SSSR count). The molecule has 0 radical (unpaired) electrons. The van der Waals surface area contributed by atoms with Crippen LogP contribution in [0.1, 0.15) is 50.9 Å². The molecule has 0 saturated heterocycles. The standard InChI is InChI=1S/C16H23N3O2/c1-11(2)16-18-15(19-21-16)10-20-14-7-5-13(6-8-14)9-17-12(3)4/h5-8,11-12,17H,9-10H2,1-4H3. The Bertz CT molecular complexity index is 547. The highest BCUT2D eigenvalue weighted by Gasteiger charge is 2.10. The lowest BCUT2D eigenvalue weighted by atomic mass is 10.2. The summed E-state index contributed by atoms with van der Waals surface area (Å²) in [5.41, 5.74) is 1.23. The molecule has 1 aromatic carbocycles. The first-order valence-electron chi connectivity index (χ1n) is 7.32. The average molecular weight is 289 g/mol. The molecule has 0 fully saturated rings. The van der Waals surface area contributed by atoms with Gasteiger partial charge in [0, 0.05) is 18.5 Å². The molecule has 21 heavy (non-hydrogen) atoms. The quantitative estimate of drug-likeness (QED) is 0.847. The molecule has 0 atom stereocenters. The third-order valence-corrected chi connectivity index (χ3v) is 2.98. The van der Waals surface area contributed by atoms with Crippen LogP contribution in [0.3, 0.4) is 0 Å². The van der Waals surface area contributed by atoms with E-state index >= 15 is 0 Å². The zero-order valence-corrected chi connectivity index (χ0v) is 13.1. The lowest BCUT2D eigenvalue weighted by Crippen LogP contribution is -2.21. The van der Waals surface area contributed by atoms with Crippen molar-refractivity contribution >= 4 is 0 Å². The van der Waals surface area contributed by atoms with Gasteiger partial charge in [-0.25, -0.2) is 0 Å². The predicted molar refractivity (Wildman–Crippen MR) is 81.1 cm³/mol. The monoisotopic (exact) mass is 289 g/mol. The van der Waals surface area contributed by atoms with Gasteiger partial charge < -0.3 is 14.6 Å². The molecule has 5 nitrogen and oxygen atoms in total. The predicted octanol–water partition coefficient (Wildman–Crippen LogP) is 3.27. The van der Waals surface area contributed by atoms with Gasteiger partial charge in [0.15, 0.2) is 6.61 Å². The molecule has 0 spiro atoms. The Morgan fingerprint density at radius 2 is 1.86 bits per heavy atom. The summed E-state index contributed by atoms with van der Waals surface area (Å²) in [5.74, 6) is 2.26. The molecule has 0 aliphatic rings. The van der Waals surface area contributed by atoms with Crippen LogP contribution in [0.5, 0.6) is 5.75 Å². The zero-order valence-electron chi connectivity index (χ0n) is 13.1. The smallest absolute Gasteiger partial charge is 0.229 e. The Labute approximate surface area is 125 Å². The van der Waals surface area contributed by atoms with E-state index in [-0.39, 0.29) is 5.92 Å². The molecule has 1 N–H and O–H groups in total. The molecule has 1 aromatic heterocycles. The summed E-state index contributed by atoms with van der Waals surface area (Å²) in [4.78, 5) is 4.28. The summed E-state index contributed by atoms with van der Waals surface area (Å²) in [6, 6.07) is 8.51. The molecule has 114 valence electrons. The van der Waals surface area contributed by atoms with Crippen molar-refractivity contribution < 1.29 is 9.26 Å². The maximum atomic E-state index is 5.66. The summed E-state index contributed by atoms with van der Waals surface area (Å²) < 4.78 is 10.8. The number of aromatic nitrogens is 2. The highest BCUT2D eigenvalue weighted by Crippen LogP contribution is 2.15. The normalized spacial score (nSPS) is 11.3. The number of benzene rings is 1. The van der Waals surface area contributed by atoms with E-state index in [1.54, 1.807) is 0 Å². The van der Waals surface area contributed by atoms with E-state index in [0.29, 0.717) is 24.4 Å². The van der Waals surface area contributed by atoms with Crippen LogP contribution in [0.2, 0.25) is 0 Å². The number of hydrogen-bond donors (Lipinski definition) is 1. The summed E-state index contributed by atoms with van der Waals surface area (Å²) in [5, 5.41) is 7.28. The van der Waals surface area contributed by atoms with Crippen LogP contribution in [0, 0.1) is 0 Å². The SMILES string of the molecule is CC(C)NCc1ccc(OCc2noc(C(C)C)n2)cc1. The Morgan fingerprint density at radius 1 is 1.14 bits per heavy atom. The second kappa shape index (κ2) is 7.22. The lowest BCUT2D eigenvalue weighted by molar-refractivity contribution is 0.284. The third-order valence-electron chi connectivity index (χ3n) is 2.98. The fourth-order valence-corrected chi connectivity index (χ4v) is 1.73. The Morgan fingerprint density at radius 3 is 2.43 bits per heavy atom. The Balaban J connectivity index is 1.85.